The number of aromatic nitrogens is 2. The minimum atomic E-state index is -3.79. The maximum atomic E-state index is 12.7. The summed E-state index contributed by atoms with van der Waals surface area (Å²) >= 11 is 7.66. The van der Waals surface area contributed by atoms with Crippen LogP contribution in [0.1, 0.15) is 5.89 Å². The predicted octanol–water partition coefficient (Wildman–Crippen LogP) is 3.39. The molecule has 1 heterocycles. The van der Waals surface area contributed by atoms with E-state index in [2.05, 4.69) is 10.1 Å². The average Bonchev–Trinajstić information content (AvgIpc) is 3.22. The number of hydrogen-bond acceptors (Lipinski definition) is 7. The van der Waals surface area contributed by atoms with Gasteiger partial charge in [0.05, 0.1) is 23.0 Å². The highest BCUT2D eigenvalue weighted by Crippen LogP contribution is 2.25. The zero-order chi connectivity index (χ0) is 22.6. The molecule has 0 saturated carbocycles. The normalized spacial score (nSPS) is 11.6. The molecule has 3 aromatic rings. The number of amides is 1. The van der Waals surface area contributed by atoms with Gasteiger partial charge in [-0.2, -0.15) is 9.29 Å². The molecule has 0 aliphatic heterocycles. The topological polar surface area (TPSA) is 96.6 Å². The van der Waals surface area contributed by atoms with Crippen LogP contribution < -0.4 is 0 Å². The van der Waals surface area contributed by atoms with Crippen LogP contribution in [0.15, 0.2) is 62.8 Å². The van der Waals surface area contributed by atoms with Crippen LogP contribution in [-0.2, 0) is 21.4 Å². The molecule has 11 heteroatoms. The highest BCUT2D eigenvalue weighted by molar-refractivity contribution is 7.98. The van der Waals surface area contributed by atoms with E-state index in [9.17, 15) is 13.2 Å². The minimum absolute atomic E-state index is 0.0343. The van der Waals surface area contributed by atoms with E-state index in [0.717, 1.165) is 9.20 Å². The zero-order valence-corrected chi connectivity index (χ0v) is 19.5. The summed E-state index contributed by atoms with van der Waals surface area (Å²) in [6.07, 6.45) is 1.91. The fourth-order valence-electron chi connectivity index (χ4n) is 2.69. The van der Waals surface area contributed by atoms with Crippen molar-refractivity contribution >= 4 is 39.3 Å². The van der Waals surface area contributed by atoms with Gasteiger partial charge in [0.25, 0.3) is 0 Å². The Hall–Kier alpha value is -2.40. The second-order valence-electron chi connectivity index (χ2n) is 6.68. The van der Waals surface area contributed by atoms with E-state index in [0.29, 0.717) is 16.4 Å². The third-order valence-electron chi connectivity index (χ3n) is 4.51. The van der Waals surface area contributed by atoms with Crippen molar-refractivity contribution in [2.45, 2.75) is 16.3 Å². The molecule has 2 aromatic carbocycles. The van der Waals surface area contributed by atoms with Crippen molar-refractivity contribution in [3.05, 3.63) is 59.4 Å². The van der Waals surface area contributed by atoms with E-state index in [1.165, 1.54) is 42.9 Å². The second kappa shape index (κ2) is 9.82. The second-order valence-corrected chi connectivity index (χ2v) is 10.0. The first kappa shape index (κ1) is 23.3. The average molecular weight is 481 g/mol. The summed E-state index contributed by atoms with van der Waals surface area (Å²) in [6, 6.07) is 13.6. The monoisotopic (exact) mass is 480 g/mol. The molecule has 0 radical (unpaired) electrons. The van der Waals surface area contributed by atoms with E-state index in [1.807, 2.05) is 6.26 Å². The zero-order valence-electron chi connectivity index (χ0n) is 17.1. The number of nitrogens with zero attached hydrogens (tertiary/aromatic N) is 4. The van der Waals surface area contributed by atoms with Gasteiger partial charge in [-0.1, -0.05) is 28.9 Å². The first-order valence-electron chi connectivity index (χ1n) is 9.14. The summed E-state index contributed by atoms with van der Waals surface area (Å²) in [5.41, 5.74) is 0.617. The van der Waals surface area contributed by atoms with E-state index in [1.54, 1.807) is 36.4 Å². The summed E-state index contributed by atoms with van der Waals surface area (Å²) < 4.78 is 31.7. The third-order valence-corrected chi connectivity index (χ3v) is 7.40. The van der Waals surface area contributed by atoms with Crippen LogP contribution in [0, 0.1) is 0 Å². The van der Waals surface area contributed by atoms with Gasteiger partial charge in [0.2, 0.25) is 27.6 Å². The molecule has 164 valence electrons. The number of hydrogen-bond donors (Lipinski definition) is 0. The molecule has 1 aromatic heterocycles. The molecule has 0 bridgehead atoms. The van der Waals surface area contributed by atoms with Crippen molar-refractivity contribution < 1.29 is 17.7 Å². The van der Waals surface area contributed by atoms with Crippen molar-refractivity contribution in [2.24, 2.45) is 0 Å². The standard InChI is InChI=1S/C20H21ClN4O4S2/c1-24(12-18-22-20(23-29-18)16-6-4-5-7-17(16)21)19(26)13-25(2)31(27,28)15-10-8-14(30-3)9-11-15/h4-11H,12-13H2,1-3H3. The fourth-order valence-corrected chi connectivity index (χ4v) is 4.43. The molecule has 0 aliphatic carbocycles. The summed E-state index contributed by atoms with van der Waals surface area (Å²) in [7, 11) is -0.888. The molecular weight excluding hydrogens is 460 g/mol. The molecule has 31 heavy (non-hydrogen) atoms. The van der Waals surface area contributed by atoms with Gasteiger partial charge in [-0.3, -0.25) is 4.79 Å². The first-order valence-corrected chi connectivity index (χ1v) is 12.2. The molecule has 8 nitrogen and oxygen atoms in total. The number of benzene rings is 2. The lowest BCUT2D eigenvalue weighted by Gasteiger charge is -2.21. The number of carbonyl (C=O) groups excluding carboxylic acids is 1. The van der Waals surface area contributed by atoms with E-state index in [4.69, 9.17) is 16.1 Å². The Balaban J connectivity index is 1.64. The molecular formula is C20H21ClN4O4S2. The van der Waals surface area contributed by atoms with E-state index >= 15 is 0 Å². The maximum Gasteiger partial charge on any atom is 0.246 e. The Morgan fingerprint density at radius 1 is 1.13 bits per heavy atom. The summed E-state index contributed by atoms with van der Waals surface area (Å²) in [4.78, 5) is 19.2. The van der Waals surface area contributed by atoms with Crippen LogP contribution in [0.5, 0.6) is 0 Å². The smallest absolute Gasteiger partial charge is 0.246 e. The molecule has 1 amide bonds. The molecule has 0 spiro atoms. The highest BCUT2D eigenvalue weighted by atomic mass is 35.5. The largest absolute Gasteiger partial charge is 0.337 e. The SMILES string of the molecule is CSc1ccc(S(=O)(=O)N(C)CC(=O)N(C)Cc2nc(-c3ccccc3Cl)no2)cc1. The van der Waals surface area contributed by atoms with Crippen molar-refractivity contribution in [2.75, 3.05) is 26.9 Å². The van der Waals surface area contributed by atoms with Gasteiger partial charge in [-0.25, -0.2) is 8.42 Å². The lowest BCUT2D eigenvalue weighted by molar-refractivity contribution is -0.130. The van der Waals surface area contributed by atoms with Crippen LogP contribution in [0.3, 0.4) is 0 Å². The molecule has 0 aliphatic rings. The Morgan fingerprint density at radius 2 is 1.81 bits per heavy atom. The number of thioether (sulfide) groups is 1. The number of sulfonamides is 1. The van der Waals surface area contributed by atoms with Gasteiger partial charge in [-0.05, 0) is 42.7 Å². The first-order chi connectivity index (χ1) is 14.7. The molecule has 0 fully saturated rings. The molecule has 3 rings (SSSR count). The van der Waals surface area contributed by atoms with Crippen LogP contribution >= 0.6 is 23.4 Å². The van der Waals surface area contributed by atoms with Gasteiger partial charge in [0.15, 0.2) is 0 Å². The summed E-state index contributed by atoms with van der Waals surface area (Å²) in [6.45, 7) is -0.290. The van der Waals surface area contributed by atoms with Gasteiger partial charge in [0.1, 0.15) is 0 Å². The van der Waals surface area contributed by atoms with E-state index < -0.39 is 15.9 Å². The maximum absolute atomic E-state index is 12.7. The van der Waals surface area contributed by atoms with Crippen molar-refractivity contribution in [3.63, 3.8) is 0 Å². The number of rotatable bonds is 8. The van der Waals surface area contributed by atoms with Gasteiger partial charge in [0, 0.05) is 24.6 Å². The Labute approximate surface area is 190 Å². The summed E-state index contributed by atoms with van der Waals surface area (Å²) in [5.74, 6) is 0.114. The Kier molecular flexibility index (Phi) is 7.37. The predicted molar refractivity (Wildman–Crippen MR) is 119 cm³/mol. The summed E-state index contributed by atoms with van der Waals surface area (Å²) in [5, 5.41) is 4.38. The number of halogens is 1. The molecule has 0 unspecified atom stereocenters. The van der Waals surface area contributed by atoms with Crippen LogP contribution in [0.2, 0.25) is 5.02 Å². The van der Waals surface area contributed by atoms with Crippen LogP contribution in [0.25, 0.3) is 11.4 Å². The molecule has 0 atom stereocenters. The third kappa shape index (κ3) is 5.45. The van der Waals surface area contributed by atoms with Gasteiger partial charge in [-0.15, -0.1) is 11.8 Å². The molecule has 0 N–H and O–H groups in total. The van der Waals surface area contributed by atoms with E-state index in [-0.39, 0.29) is 23.9 Å². The Bertz CT molecular complexity index is 1170. The van der Waals surface area contributed by atoms with Crippen LogP contribution in [-0.4, -0.2) is 60.6 Å². The highest BCUT2D eigenvalue weighted by Gasteiger charge is 2.25. The quantitative estimate of drug-likeness (QED) is 0.456. The van der Waals surface area contributed by atoms with Gasteiger partial charge >= 0.3 is 0 Å². The van der Waals surface area contributed by atoms with Gasteiger partial charge < -0.3 is 9.42 Å². The van der Waals surface area contributed by atoms with Crippen molar-refractivity contribution in [3.8, 4) is 11.4 Å². The lowest BCUT2D eigenvalue weighted by Crippen LogP contribution is -2.39. The number of likely N-dealkylation sites (N-methyl/N-ethyl adjacent to an activating group) is 2. The fraction of sp³-hybridized carbons (Fsp3) is 0.250. The van der Waals surface area contributed by atoms with Crippen molar-refractivity contribution in [1.29, 1.82) is 0 Å². The molecule has 0 saturated heterocycles. The minimum Gasteiger partial charge on any atom is -0.337 e. The van der Waals surface area contributed by atoms with Crippen LogP contribution in [0.4, 0.5) is 0 Å². The lowest BCUT2D eigenvalue weighted by atomic mass is 10.2. The number of carbonyl (C=O) groups is 1. The Morgan fingerprint density at radius 3 is 2.45 bits per heavy atom. The van der Waals surface area contributed by atoms with Crippen molar-refractivity contribution in [1.82, 2.24) is 19.3 Å².